The molecule has 2 saturated heterocycles. The number of ether oxygens (including phenoxy) is 1. The summed E-state index contributed by atoms with van der Waals surface area (Å²) in [6, 6.07) is 0. The second kappa shape index (κ2) is 8.42. The predicted octanol–water partition coefficient (Wildman–Crippen LogP) is 2.05. The van der Waals surface area contributed by atoms with Crippen LogP contribution in [-0.2, 0) is 16.0 Å². The lowest BCUT2D eigenvalue weighted by Crippen LogP contribution is -2.34. The fourth-order valence-corrected chi connectivity index (χ4v) is 3.71. The summed E-state index contributed by atoms with van der Waals surface area (Å²) < 4.78 is 5.38. The average Bonchev–Trinajstić information content (AvgIpc) is 2.83. The third-order valence-electron chi connectivity index (χ3n) is 5.23. The van der Waals surface area contributed by atoms with Gasteiger partial charge in [0.15, 0.2) is 0 Å². The molecule has 132 valence electrons. The average molecular weight is 332 g/mol. The summed E-state index contributed by atoms with van der Waals surface area (Å²) in [5.74, 6) is 1.87. The summed E-state index contributed by atoms with van der Waals surface area (Å²) in [4.78, 5) is 23.1. The molecule has 0 aliphatic carbocycles. The largest absolute Gasteiger partial charge is 0.382 e. The van der Waals surface area contributed by atoms with E-state index in [4.69, 9.17) is 10.5 Å². The smallest absolute Gasteiger partial charge is 0.222 e. The van der Waals surface area contributed by atoms with Crippen LogP contribution in [0.15, 0.2) is 12.4 Å². The van der Waals surface area contributed by atoms with Crippen molar-refractivity contribution in [2.24, 2.45) is 11.8 Å². The van der Waals surface area contributed by atoms with Crippen LogP contribution in [0, 0.1) is 11.8 Å². The number of nitrogens with zero attached hydrogens (tertiary/aromatic N) is 3. The van der Waals surface area contributed by atoms with E-state index in [9.17, 15) is 4.79 Å². The van der Waals surface area contributed by atoms with Gasteiger partial charge in [-0.2, -0.15) is 0 Å². The van der Waals surface area contributed by atoms with E-state index in [0.29, 0.717) is 30.0 Å². The van der Waals surface area contributed by atoms with E-state index >= 15 is 0 Å². The Balaban J connectivity index is 1.47. The van der Waals surface area contributed by atoms with Crippen LogP contribution in [0.25, 0.3) is 0 Å². The van der Waals surface area contributed by atoms with Crippen LogP contribution in [0.2, 0.25) is 0 Å². The van der Waals surface area contributed by atoms with E-state index < -0.39 is 0 Å². The van der Waals surface area contributed by atoms with Crippen molar-refractivity contribution < 1.29 is 9.53 Å². The third kappa shape index (κ3) is 4.90. The van der Waals surface area contributed by atoms with Crippen molar-refractivity contribution >= 4 is 11.7 Å². The van der Waals surface area contributed by atoms with Crippen LogP contribution in [0.1, 0.15) is 44.2 Å². The Bertz CT molecular complexity index is 528. The first kappa shape index (κ1) is 17.1. The number of hydrogen-bond donors (Lipinski definition) is 1. The van der Waals surface area contributed by atoms with Crippen molar-refractivity contribution in [3.63, 3.8) is 0 Å². The van der Waals surface area contributed by atoms with Gasteiger partial charge in [0.25, 0.3) is 0 Å². The first-order chi connectivity index (χ1) is 11.7. The number of hydrogen-bond acceptors (Lipinski definition) is 5. The fourth-order valence-electron chi connectivity index (χ4n) is 3.71. The van der Waals surface area contributed by atoms with Gasteiger partial charge in [0, 0.05) is 32.7 Å². The van der Waals surface area contributed by atoms with E-state index in [0.717, 1.165) is 70.5 Å². The number of likely N-dealkylation sites (tertiary alicyclic amines) is 1. The van der Waals surface area contributed by atoms with E-state index in [1.54, 1.807) is 12.4 Å². The summed E-state index contributed by atoms with van der Waals surface area (Å²) >= 11 is 0. The first-order valence-corrected chi connectivity index (χ1v) is 9.12. The van der Waals surface area contributed by atoms with Gasteiger partial charge in [-0.15, -0.1) is 0 Å². The number of aromatic nitrogens is 2. The zero-order valence-corrected chi connectivity index (χ0v) is 14.3. The van der Waals surface area contributed by atoms with Crippen LogP contribution in [0.3, 0.4) is 0 Å². The van der Waals surface area contributed by atoms with E-state index in [-0.39, 0.29) is 0 Å². The number of rotatable bonds is 4. The number of amides is 1. The van der Waals surface area contributed by atoms with Crippen molar-refractivity contribution in [3.8, 4) is 0 Å². The molecular formula is C18H28N4O2. The Morgan fingerprint density at radius 2 is 1.96 bits per heavy atom. The third-order valence-corrected chi connectivity index (χ3v) is 5.23. The monoisotopic (exact) mass is 332 g/mol. The zero-order chi connectivity index (χ0) is 16.8. The molecule has 0 saturated carbocycles. The summed E-state index contributed by atoms with van der Waals surface area (Å²) in [6.45, 7) is 3.38. The Morgan fingerprint density at radius 3 is 2.71 bits per heavy atom. The van der Waals surface area contributed by atoms with Crippen molar-refractivity contribution in [2.45, 2.75) is 44.9 Å². The highest BCUT2D eigenvalue weighted by atomic mass is 16.5. The number of carbonyl (C=O) groups excluding carboxylic acids is 1. The van der Waals surface area contributed by atoms with Gasteiger partial charge in [0.2, 0.25) is 5.91 Å². The van der Waals surface area contributed by atoms with Crippen molar-refractivity contribution in [3.05, 3.63) is 18.1 Å². The molecule has 0 spiro atoms. The molecular weight excluding hydrogens is 304 g/mol. The SMILES string of the molecule is Nc1cnc(C[C@H]2CCCN(C(=O)CC3CCOCC3)CC2)cn1. The van der Waals surface area contributed by atoms with Crippen LogP contribution in [0.4, 0.5) is 5.82 Å². The molecule has 1 atom stereocenters. The molecule has 2 aliphatic rings. The Kier molecular flexibility index (Phi) is 6.01. The van der Waals surface area contributed by atoms with Gasteiger partial charge in [0.05, 0.1) is 18.1 Å². The molecule has 0 unspecified atom stereocenters. The van der Waals surface area contributed by atoms with E-state index in [1.807, 2.05) is 0 Å². The molecule has 2 aliphatic heterocycles. The molecule has 3 heterocycles. The van der Waals surface area contributed by atoms with Gasteiger partial charge in [-0.05, 0) is 50.4 Å². The zero-order valence-electron chi connectivity index (χ0n) is 14.3. The van der Waals surface area contributed by atoms with Crippen LogP contribution >= 0.6 is 0 Å². The highest BCUT2D eigenvalue weighted by molar-refractivity contribution is 5.76. The quantitative estimate of drug-likeness (QED) is 0.912. The molecule has 24 heavy (non-hydrogen) atoms. The van der Waals surface area contributed by atoms with Crippen molar-refractivity contribution in [2.75, 3.05) is 32.0 Å². The number of nitrogens with two attached hydrogens (primary N) is 1. The predicted molar refractivity (Wildman–Crippen MR) is 92.2 cm³/mol. The van der Waals surface area contributed by atoms with Gasteiger partial charge in [0.1, 0.15) is 5.82 Å². The molecule has 1 aromatic rings. The Labute approximate surface area is 143 Å². The van der Waals surface area contributed by atoms with Crippen LogP contribution < -0.4 is 5.73 Å². The topological polar surface area (TPSA) is 81.3 Å². The highest BCUT2D eigenvalue weighted by Gasteiger charge is 2.24. The van der Waals surface area contributed by atoms with Gasteiger partial charge in [-0.25, -0.2) is 4.98 Å². The number of carbonyl (C=O) groups is 1. The standard InChI is InChI=1S/C18H28N4O2/c19-17-13-20-16(12-21-17)10-14-2-1-6-22(7-3-14)18(23)11-15-4-8-24-9-5-15/h12-15H,1-11H2,(H2,19,21)/t14-/m0/s1. The minimum absolute atomic E-state index is 0.329. The Morgan fingerprint density at radius 1 is 1.12 bits per heavy atom. The van der Waals surface area contributed by atoms with Crippen LogP contribution in [-0.4, -0.2) is 47.1 Å². The van der Waals surface area contributed by atoms with Gasteiger partial charge in [-0.1, -0.05) is 0 Å². The molecule has 1 aromatic heterocycles. The minimum Gasteiger partial charge on any atom is -0.382 e. The van der Waals surface area contributed by atoms with E-state index in [2.05, 4.69) is 14.9 Å². The number of nitrogen functional groups attached to an aromatic ring is 1. The normalized spacial score (nSPS) is 23.0. The molecule has 6 heteroatoms. The van der Waals surface area contributed by atoms with Gasteiger partial charge in [-0.3, -0.25) is 9.78 Å². The molecule has 0 bridgehead atoms. The summed E-state index contributed by atoms with van der Waals surface area (Å²) in [6.07, 6.45) is 10.3. The van der Waals surface area contributed by atoms with Gasteiger partial charge >= 0.3 is 0 Å². The summed E-state index contributed by atoms with van der Waals surface area (Å²) in [5.41, 5.74) is 6.58. The lowest BCUT2D eigenvalue weighted by atomic mass is 9.95. The number of anilines is 1. The molecule has 2 fully saturated rings. The highest BCUT2D eigenvalue weighted by Crippen LogP contribution is 2.24. The van der Waals surface area contributed by atoms with E-state index in [1.165, 1.54) is 0 Å². The second-order valence-electron chi connectivity index (χ2n) is 7.07. The molecule has 2 N–H and O–H groups in total. The second-order valence-corrected chi connectivity index (χ2v) is 7.07. The molecule has 3 rings (SSSR count). The Hall–Kier alpha value is -1.69. The maximum absolute atomic E-state index is 12.6. The molecule has 6 nitrogen and oxygen atoms in total. The van der Waals surface area contributed by atoms with Crippen molar-refractivity contribution in [1.29, 1.82) is 0 Å². The van der Waals surface area contributed by atoms with Crippen molar-refractivity contribution in [1.82, 2.24) is 14.9 Å². The molecule has 1 amide bonds. The minimum atomic E-state index is 0.329. The lowest BCUT2D eigenvalue weighted by molar-refractivity contribution is -0.132. The fraction of sp³-hybridized carbons (Fsp3) is 0.722. The summed E-state index contributed by atoms with van der Waals surface area (Å²) in [7, 11) is 0. The molecule has 0 radical (unpaired) electrons. The summed E-state index contributed by atoms with van der Waals surface area (Å²) in [5, 5.41) is 0. The van der Waals surface area contributed by atoms with Crippen LogP contribution in [0.5, 0.6) is 0 Å². The maximum Gasteiger partial charge on any atom is 0.222 e. The maximum atomic E-state index is 12.6. The lowest BCUT2D eigenvalue weighted by Gasteiger charge is -2.26. The first-order valence-electron chi connectivity index (χ1n) is 9.12. The van der Waals surface area contributed by atoms with Gasteiger partial charge < -0.3 is 15.4 Å². The molecule has 0 aromatic carbocycles.